The maximum atomic E-state index is 11.7. The number of hydrogen-bond donors (Lipinski definition) is 3. The van der Waals surface area contributed by atoms with Crippen LogP contribution >= 0.6 is 11.6 Å². The van der Waals surface area contributed by atoms with Gasteiger partial charge in [0.05, 0.1) is 12.4 Å². The van der Waals surface area contributed by atoms with Crippen LogP contribution in [-0.2, 0) is 20.0 Å². The molecule has 1 aromatic carbocycles. The van der Waals surface area contributed by atoms with Crippen LogP contribution in [-0.4, -0.2) is 23.5 Å². The van der Waals surface area contributed by atoms with Crippen molar-refractivity contribution >= 4 is 37.3 Å². The molecule has 0 aromatic heterocycles. The van der Waals surface area contributed by atoms with Crippen molar-refractivity contribution in [2.75, 3.05) is 12.0 Å². The third-order valence-corrected chi connectivity index (χ3v) is 4.73. The Morgan fingerprint density at radius 2 is 2.00 bits per heavy atom. The zero-order valence-electron chi connectivity index (χ0n) is 8.27. The molecule has 0 unspecified atom stereocenters. The third kappa shape index (κ3) is 2.24. The normalized spacial score (nSPS) is 18.2. The third-order valence-electron chi connectivity index (χ3n) is 2.15. The van der Waals surface area contributed by atoms with Crippen molar-refractivity contribution in [1.29, 1.82) is 0 Å². The molecule has 0 fully saturated rings. The number of halogens is 1. The molecule has 4 N–H and O–H groups in total. The Balaban J connectivity index is 2.87. The highest BCUT2D eigenvalue weighted by Crippen LogP contribution is 2.33. The van der Waals surface area contributed by atoms with Crippen molar-refractivity contribution < 1.29 is 16.8 Å². The molecule has 2 rings (SSSR count). The zero-order chi connectivity index (χ0) is 12.8. The van der Waals surface area contributed by atoms with Crippen LogP contribution in [0.1, 0.15) is 0 Å². The predicted molar refractivity (Wildman–Crippen MR) is 61.6 cm³/mol. The van der Waals surface area contributed by atoms with Crippen LogP contribution in [0.15, 0.2) is 21.9 Å². The van der Waals surface area contributed by atoms with Gasteiger partial charge in [0.2, 0.25) is 20.0 Å². The summed E-state index contributed by atoms with van der Waals surface area (Å²) < 4.78 is 48.2. The van der Waals surface area contributed by atoms with Crippen molar-refractivity contribution in [3.05, 3.63) is 17.2 Å². The highest BCUT2D eigenvalue weighted by atomic mass is 35.5. The molecule has 0 saturated heterocycles. The van der Waals surface area contributed by atoms with Crippen molar-refractivity contribution in [1.82, 2.24) is 4.72 Å². The molecule has 1 heterocycles. The summed E-state index contributed by atoms with van der Waals surface area (Å²) in [6.45, 7) is -0.112. The summed E-state index contributed by atoms with van der Waals surface area (Å²) in [7, 11) is -7.82. The minimum atomic E-state index is -4.06. The molecule has 0 atom stereocenters. The Morgan fingerprint density at radius 3 is 2.59 bits per heavy atom. The van der Waals surface area contributed by atoms with Gasteiger partial charge in [0.25, 0.3) is 0 Å². The van der Waals surface area contributed by atoms with Gasteiger partial charge in [-0.05, 0) is 12.1 Å². The monoisotopic (exact) mass is 297 g/mol. The van der Waals surface area contributed by atoms with Crippen LogP contribution in [0.4, 0.5) is 5.69 Å². The number of sulfonamides is 2. The molecule has 94 valence electrons. The van der Waals surface area contributed by atoms with E-state index < -0.39 is 20.0 Å². The number of primary sulfonamides is 1. The number of anilines is 1. The molecule has 0 radical (unpaired) electrons. The van der Waals surface area contributed by atoms with E-state index in [0.29, 0.717) is 0 Å². The smallest absolute Gasteiger partial charge is 0.244 e. The van der Waals surface area contributed by atoms with E-state index in [-0.39, 0.29) is 27.2 Å². The molecule has 0 aliphatic carbocycles. The molecule has 1 aliphatic heterocycles. The first-order chi connectivity index (χ1) is 7.72. The minimum Gasteiger partial charge on any atom is -0.369 e. The van der Waals surface area contributed by atoms with Crippen LogP contribution in [0.25, 0.3) is 0 Å². The molecule has 0 bridgehead atoms. The average Bonchev–Trinajstić information content (AvgIpc) is 2.16. The fourth-order valence-corrected chi connectivity index (χ4v) is 3.79. The molecule has 7 nitrogen and oxygen atoms in total. The first-order valence-corrected chi connectivity index (χ1v) is 7.72. The highest BCUT2D eigenvalue weighted by molar-refractivity contribution is 7.90. The molecule has 0 amide bonds. The Labute approximate surface area is 103 Å². The topological polar surface area (TPSA) is 118 Å². The molecule has 1 aliphatic rings. The van der Waals surface area contributed by atoms with Gasteiger partial charge in [-0.25, -0.2) is 22.0 Å². The van der Waals surface area contributed by atoms with E-state index in [0.717, 1.165) is 12.1 Å². The maximum absolute atomic E-state index is 11.7. The Kier molecular flexibility index (Phi) is 2.83. The van der Waals surface area contributed by atoms with E-state index in [1.165, 1.54) is 0 Å². The number of benzene rings is 1. The van der Waals surface area contributed by atoms with E-state index in [2.05, 4.69) is 10.0 Å². The van der Waals surface area contributed by atoms with Crippen LogP contribution in [0, 0.1) is 0 Å². The quantitative estimate of drug-likeness (QED) is 0.654. The second-order valence-electron chi connectivity index (χ2n) is 3.32. The lowest BCUT2D eigenvalue weighted by Crippen LogP contribution is -2.35. The lowest BCUT2D eigenvalue weighted by atomic mass is 10.3. The van der Waals surface area contributed by atoms with Gasteiger partial charge in [-0.3, -0.25) is 0 Å². The first-order valence-electron chi connectivity index (χ1n) is 4.32. The summed E-state index contributed by atoms with van der Waals surface area (Å²) in [6.07, 6.45) is 0. The van der Waals surface area contributed by atoms with E-state index >= 15 is 0 Å². The summed E-state index contributed by atoms with van der Waals surface area (Å²) >= 11 is 5.68. The lowest BCUT2D eigenvalue weighted by Gasteiger charge is -2.21. The van der Waals surface area contributed by atoms with Crippen molar-refractivity contribution in [2.45, 2.75) is 9.79 Å². The molecular weight excluding hydrogens is 290 g/mol. The maximum Gasteiger partial charge on any atom is 0.244 e. The van der Waals surface area contributed by atoms with Crippen molar-refractivity contribution in [2.24, 2.45) is 5.14 Å². The van der Waals surface area contributed by atoms with Crippen LogP contribution in [0.5, 0.6) is 0 Å². The Morgan fingerprint density at radius 1 is 1.35 bits per heavy atom. The molecule has 10 heteroatoms. The standard InChI is InChI=1S/C7H8ClN3O4S2/c8-4-1-5(16(9,12)13)7-6(2-4)17(14,15)11-3-10-7/h1-2,10-11H,3H2,(H2,9,12,13). The summed E-state index contributed by atoms with van der Waals surface area (Å²) in [5.41, 5.74) is -0.0596. The number of nitrogens with one attached hydrogen (secondary N) is 2. The molecular formula is C7H8ClN3O4S2. The van der Waals surface area contributed by atoms with Crippen LogP contribution in [0.3, 0.4) is 0 Å². The lowest BCUT2D eigenvalue weighted by molar-refractivity contribution is 0.580. The van der Waals surface area contributed by atoms with Gasteiger partial charge >= 0.3 is 0 Å². The first kappa shape index (κ1) is 12.6. The SMILES string of the molecule is NS(=O)(=O)c1cc(Cl)cc2c1NCNS2(=O)=O. The highest BCUT2D eigenvalue weighted by Gasteiger charge is 2.29. The largest absolute Gasteiger partial charge is 0.369 e. The van der Waals surface area contributed by atoms with Gasteiger partial charge < -0.3 is 5.32 Å². The number of nitrogens with two attached hydrogens (primary N) is 1. The Bertz CT molecular complexity index is 666. The van der Waals surface area contributed by atoms with Gasteiger partial charge in [-0.2, -0.15) is 4.72 Å². The average molecular weight is 298 g/mol. The van der Waals surface area contributed by atoms with Crippen LogP contribution < -0.4 is 15.2 Å². The van der Waals surface area contributed by atoms with Gasteiger partial charge in [-0.15, -0.1) is 0 Å². The second kappa shape index (κ2) is 3.82. The van der Waals surface area contributed by atoms with Gasteiger partial charge in [0.15, 0.2) is 0 Å². The summed E-state index contributed by atoms with van der Waals surface area (Å²) in [6, 6.07) is 2.25. The van der Waals surface area contributed by atoms with Crippen molar-refractivity contribution in [3.63, 3.8) is 0 Å². The molecule has 0 saturated carbocycles. The van der Waals surface area contributed by atoms with E-state index in [1.54, 1.807) is 0 Å². The van der Waals surface area contributed by atoms with E-state index in [9.17, 15) is 16.8 Å². The Hall–Kier alpha value is -0.870. The fourth-order valence-electron chi connectivity index (χ4n) is 1.47. The molecule has 1 aromatic rings. The zero-order valence-corrected chi connectivity index (χ0v) is 10.7. The fraction of sp³-hybridized carbons (Fsp3) is 0.143. The minimum absolute atomic E-state index is 0.0261. The van der Waals surface area contributed by atoms with Gasteiger partial charge in [-0.1, -0.05) is 11.6 Å². The van der Waals surface area contributed by atoms with Gasteiger partial charge in [0.1, 0.15) is 9.79 Å². The number of fused-ring (bicyclic) bond motifs is 1. The van der Waals surface area contributed by atoms with Gasteiger partial charge in [0, 0.05) is 5.02 Å². The van der Waals surface area contributed by atoms with Crippen molar-refractivity contribution in [3.8, 4) is 0 Å². The summed E-state index contributed by atoms with van der Waals surface area (Å²) in [5.74, 6) is 0. The predicted octanol–water partition coefficient (Wildman–Crippen LogP) is -0.351. The second-order valence-corrected chi connectivity index (χ2v) is 7.03. The molecule has 0 spiro atoms. The van der Waals surface area contributed by atoms with E-state index in [4.69, 9.17) is 16.7 Å². The molecule has 17 heavy (non-hydrogen) atoms. The summed E-state index contributed by atoms with van der Waals surface area (Å²) in [5, 5.41) is 7.58. The number of hydrogen-bond acceptors (Lipinski definition) is 5. The van der Waals surface area contributed by atoms with Crippen LogP contribution in [0.2, 0.25) is 5.02 Å². The summed E-state index contributed by atoms with van der Waals surface area (Å²) in [4.78, 5) is -0.578. The van der Waals surface area contributed by atoms with E-state index in [1.807, 2.05) is 0 Å². The number of rotatable bonds is 1.